The van der Waals surface area contributed by atoms with E-state index in [-0.39, 0.29) is 26.1 Å². The topological polar surface area (TPSA) is 93.1 Å². The quantitative estimate of drug-likeness (QED) is 0.451. The van der Waals surface area contributed by atoms with Crippen LogP contribution < -0.4 is 0 Å². The molecule has 22 heavy (non-hydrogen) atoms. The number of carboxylic acids is 2. The lowest BCUT2D eigenvalue weighted by molar-refractivity contribution is -0.160. The minimum Gasteiger partial charge on any atom is -0.481 e. The number of aliphatic carboxylic acids is 2. The van der Waals surface area contributed by atoms with Gasteiger partial charge in [-0.05, 0) is 25.7 Å². The number of ether oxygens (including phenoxy) is 2. The Morgan fingerprint density at radius 2 is 1.41 bits per heavy atom. The first-order chi connectivity index (χ1) is 10.5. The summed E-state index contributed by atoms with van der Waals surface area (Å²) in [4.78, 5) is 22.4. The van der Waals surface area contributed by atoms with Crippen molar-refractivity contribution >= 4 is 11.9 Å². The lowest BCUT2D eigenvalue weighted by Gasteiger charge is -2.29. The van der Waals surface area contributed by atoms with Gasteiger partial charge in [-0.3, -0.25) is 9.59 Å². The summed E-state index contributed by atoms with van der Waals surface area (Å²) in [5.41, 5.74) is -1.16. The second-order valence-corrected chi connectivity index (χ2v) is 5.65. The van der Waals surface area contributed by atoms with Crippen molar-refractivity contribution in [2.45, 2.75) is 58.8 Å². The summed E-state index contributed by atoms with van der Waals surface area (Å²) in [7, 11) is 0. The molecule has 0 rings (SSSR count). The van der Waals surface area contributed by atoms with Crippen LogP contribution in [0.25, 0.3) is 0 Å². The Kier molecular flexibility index (Phi) is 11.8. The third kappa shape index (κ3) is 9.00. The molecule has 6 nitrogen and oxygen atoms in total. The van der Waals surface area contributed by atoms with Gasteiger partial charge in [0.1, 0.15) is 5.41 Å². The maximum atomic E-state index is 11.7. The van der Waals surface area contributed by atoms with Gasteiger partial charge < -0.3 is 19.7 Å². The zero-order valence-corrected chi connectivity index (χ0v) is 13.8. The largest absolute Gasteiger partial charge is 0.481 e. The minimum absolute atomic E-state index is 0.0427. The van der Waals surface area contributed by atoms with Crippen molar-refractivity contribution in [2.24, 2.45) is 5.41 Å². The molecule has 0 unspecified atom stereocenters. The molecule has 0 saturated heterocycles. The molecule has 0 aliphatic heterocycles. The predicted octanol–water partition coefficient (Wildman–Crippen LogP) is 2.95. The van der Waals surface area contributed by atoms with Crippen LogP contribution in [-0.2, 0) is 19.1 Å². The van der Waals surface area contributed by atoms with Crippen molar-refractivity contribution < 1.29 is 29.3 Å². The van der Waals surface area contributed by atoms with Gasteiger partial charge in [-0.2, -0.15) is 0 Å². The first-order valence-corrected chi connectivity index (χ1v) is 8.09. The number of rotatable bonds is 15. The average molecular weight is 318 g/mol. The summed E-state index contributed by atoms with van der Waals surface area (Å²) in [6.07, 6.45) is 4.21. The summed E-state index contributed by atoms with van der Waals surface area (Å²) in [5.74, 6) is -1.90. The van der Waals surface area contributed by atoms with Gasteiger partial charge in [0.25, 0.3) is 0 Å². The summed E-state index contributed by atoms with van der Waals surface area (Å²) in [6.45, 7) is 5.23. The Hall–Kier alpha value is -1.14. The van der Waals surface area contributed by atoms with Crippen molar-refractivity contribution in [2.75, 3.05) is 26.4 Å². The molecule has 0 atom stereocenters. The molecule has 0 aromatic heterocycles. The molecule has 0 aromatic carbocycles. The lowest BCUT2D eigenvalue weighted by atomic mass is 9.84. The monoisotopic (exact) mass is 318 g/mol. The van der Waals surface area contributed by atoms with E-state index in [1.807, 2.05) is 13.8 Å². The summed E-state index contributed by atoms with van der Waals surface area (Å²) in [5, 5.41) is 18.3. The smallest absolute Gasteiger partial charge is 0.314 e. The van der Waals surface area contributed by atoms with Crippen molar-refractivity contribution in [3.63, 3.8) is 0 Å². The Morgan fingerprint density at radius 1 is 0.909 bits per heavy atom. The third-order valence-electron chi connectivity index (χ3n) is 3.54. The molecule has 0 fully saturated rings. The van der Waals surface area contributed by atoms with Crippen molar-refractivity contribution in [1.82, 2.24) is 0 Å². The molecular weight excluding hydrogens is 288 g/mol. The second kappa shape index (κ2) is 12.4. The van der Waals surface area contributed by atoms with Crippen molar-refractivity contribution in [3.05, 3.63) is 0 Å². The van der Waals surface area contributed by atoms with Gasteiger partial charge in [0.2, 0.25) is 0 Å². The highest BCUT2D eigenvalue weighted by Gasteiger charge is 2.39. The molecule has 2 N–H and O–H groups in total. The van der Waals surface area contributed by atoms with Gasteiger partial charge in [-0.1, -0.05) is 26.7 Å². The van der Waals surface area contributed by atoms with E-state index in [1.54, 1.807) is 0 Å². The Labute approximate surface area is 132 Å². The number of carbonyl (C=O) groups is 2. The van der Waals surface area contributed by atoms with E-state index in [0.29, 0.717) is 19.6 Å². The van der Waals surface area contributed by atoms with Crippen LogP contribution in [0.4, 0.5) is 0 Å². The van der Waals surface area contributed by atoms with E-state index < -0.39 is 17.4 Å². The van der Waals surface area contributed by atoms with E-state index in [2.05, 4.69) is 0 Å². The predicted molar refractivity (Wildman–Crippen MR) is 83.0 cm³/mol. The van der Waals surface area contributed by atoms with E-state index in [4.69, 9.17) is 14.6 Å². The molecule has 0 radical (unpaired) electrons. The molecule has 0 aliphatic carbocycles. The summed E-state index contributed by atoms with van der Waals surface area (Å²) < 4.78 is 11.0. The molecule has 0 heterocycles. The maximum Gasteiger partial charge on any atom is 0.314 e. The normalized spacial score (nSPS) is 11.5. The highest BCUT2D eigenvalue weighted by molar-refractivity contribution is 5.75. The molecule has 0 spiro atoms. The molecule has 0 saturated carbocycles. The van der Waals surface area contributed by atoms with Crippen LogP contribution in [-0.4, -0.2) is 48.6 Å². The van der Waals surface area contributed by atoms with Crippen molar-refractivity contribution in [1.29, 1.82) is 0 Å². The minimum atomic E-state index is -1.16. The fourth-order valence-corrected chi connectivity index (χ4v) is 2.02. The van der Waals surface area contributed by atoms with Crippen LogP contribution in [0.5, 0.6) is 0 Å². The summed E-state index contributed by atoms with van der Waals surface area (Å²) >= 11 is 0. The van der Waals surface area contributed by atoms with Crippen LogP contribution in [0, 0.1) is 5.41 Å². The van der Waals surface area contributed by atoms with Gasteiger partial charge in [0.05, 0.1) is 13.2 Å². The third-order valence-corrected chi connectivity index (χ3v) is 3.54. The number of hydrogen-bond donors (Lipinski definition) is 2. The molecule has 0 amide bonds. The number of carboxylic acid groups (broad SMARTS) is 2. The van der Waals surface area contributed by atoms with E-state index in [0.717, 1.165) is 25.7 Å². The van der Waals surface area contributed by atoms with Crippen LogP contribution in [0.1, 0.15) is 58.8 Å². The lowest BCUT2D eigenvalue weighted by Crippen LogP contribution is -2.41. The fourth-order valence-electron chi connectivity index (χ4n) is 2.02. The summed E-state index contributed by atoms with van der Waals surface area (Å²) in [6, 6.07) is 0. The molecular formula is C16H30O6. The standard InChI is InChI=1S/C16H30O6/c1-3-5-10-21-12-16(15(19)20,9-7-8-14(17)18)13-22-11-6-4-2/h3-13H2,1-2H3,(H,17,18)(H,19,20). The highest BCUT2D eigenvalue weighted by atomic mass is 16.5. The average Bonchev–Trinajstić information content (AvgIpc) is 2.46. The van der Waals surface area contributed by atoms with Gasteiger partial charge in [0.15, 0.2) is 0 Å². The maximum absolute atomic E-state index is 11.7. The molecule has 0 bridgehead atoms. The van der Waals surface area contributed by atoms with Gasteiger partial charge >= 0.3 is 11.9 Å². The highest BCUT2D eigenvalue weighted by Crippen LogP contribution is 2.27. The molecule has 0 aromatic rings. The number of unbranched alkanes of at least 4 members (excludes halogenated alkanes) is 2. The Morgan fingerprint density at radius 3 is 1.77 bits per heavy atom. The SMILES string of the molecule is CCCCOCC(CCCC(=O)O)(COCCCC)C(=O)O. The van der Waals surface area contributed by atoms with Gasteiger partial charge in [-0.25, -0.2) is 0 Å². The zero-order chi connectivity index (χ0) is 16.8. The zero-order valence-electron chi connectivity index (χ0n) is 13.8. The number of hydrogen-bond acceptors (Lipinski definition) is 4. The van der Waals surface area contributed by atoms with Crippen LogP contribution in [0.15, 0.2) is 0 Å². The van der Waals surface area contributed by atoms with E-state index >= 15 is 0 Å². The Balaban J connectivity index is 4.61. The molecule has 130 valence electrons. The van der Waals surface area contributed by atoms with Crippen molar-refractivity contribution in [3.8, 4) is 0 Å². The van der Waals surface area contributed by atoms with Gasteiger partial charge in [-0.15, -0.1) is 0 Å². The molecule has 0 aliphatic rings. The van der Waals surface area contributed by atoms with E-state index in [9.17, 15) is 14.7 Å². The first-order valence-electron chi connectivity index (χ1n) is 8.09. The first kappa shape index (κ1) is 20.9. The van der Waals surface area contributed by atoms with Gasteiger partial charge in [0, 0.05) is 19.6 Å². The second-order valence-electron chi connectivity index (χ2n) is 5.65. The Bertz CT molecular complexity index is 304. The van der Waals surface area contributed by atoms with Crippen LogP contribution in [0.2, 0.25) is 0 Å². The van der Waals surface area contributed by atoms with Crippen LogP contribution in [0.3, 0.4) is 0 Å². The molecule has 6 heteroatoms. The fraction of sp³-hybridized carbons (Fsp3) is 0.875. The van der Waals surface area contributed by atoms with E-state index in [1.165, 1.54) is 0 Å². The van der Waals surface area contributed by atoms with Crippen LogP contribution >= 0.6 is 0 Å².